The average Bonchev–Trinajstić information content (AvgIpc) is 2.83. The van der Waals surface area contributed by atoms with Gasteiger partial charge in [-0.2, -0.15) is 0 Å². The van der Waals surface area contributed by atoms with E-state index in [-0.39, 0.29) is 0 Å². The lowest BCUT2D eigenvalue weighted by molar-refractivity contribution is 0.192. The molecule has 1 saturated carbocycles. The maximum absolute atomic E-state index is 3.45. The minimum Gasteiger partial charge on any atom is -0.370 e. The Morgan fingerprint density at radius 1 is 1.16 bits per heavy atom. The molecule has 1 aromatic carbocycles. The molecule has 0 bridgehead atoms. The van der Waals surface area contributed by atoms with Gasteiger partial charge in [0.25, 0.3) is 0 Å². The highest BCUT2D eigenvalue weighted by molar-refractivity contribution is 5.58. The number of anilines is 1. The van der Waals surface area contributed by atoms with Crippen LogP contribution in [0.4, 0.5) is 5.69 Å². The summed E-state index contributed by atoms with van der Waals surface area (Å²) in [5.41, 5.74) is 3.53. The van der Waals surface area contributed by atoms with Crippen molar-refractivity contribution in [2.75, 3.05) is 31.6 Å². The van der Waals surface area contributed by atoms with Crippen LogP contribution in [0.3, 0.4) is 0 Å². The number of para-hydroxylation sites is 1. The summed E-state index contributed by atoms with van der Waals surface area (Å²) in [5, 5.41) is 3.45. The van der Waals surface area contributed by atoms with Crippen molar-refractivity contribution in [3.05, 3.63) is 29.8 Å². The molecular weight excluding hydrogens is 232 g/mol. The number of benzene rings is 1. The lowest BCUT2D eigenvalue weighted by atomic mass is 9.73. The number of nitrogens with one attached hydrogen (secondary N) is 1. The first-order valence-corrected chi connectivity index (χ1v) is 7.80. The summed E-state index contributed by atoms with van der Waals surface area (Å²) in [5.74, 6) is 0. The van der Waals surface area contributed by atoms with Gasteiger partial charge in [-0.05, 0) is 37.9 Å². The Bertz CT molecular complexity index is 416. The van der Waals surface area contributed by atoms with Crippen molar-refractivity contribution in [3.63, 3.8) is 0 Å². The fraction of sp³-hybridized carbons (Fsp3) is 0.647. The van der Waals surface area contributed by atoms with E-state index in [0.29, 0.717) is 5.41 Å². The van der Waals surface area contributed by atoms with Crippen molar-refractivity contribution in [1.82, 2.24) is 5.32 Å². The molecule has 1 N–H and O–H groups in total. The average molecular weight is 258 g/mol. The normalized spacial score (nSPS) is 21.4. The molecular formula is C17H26N2. The van der Waals surface area contributed by atoms with Crippen LogP contribution in [-0.4, -0.2) is 26.7 Å². The van der Waals surface area contributed by atoms with Gasteiger partial charge < -0.3 is 10.2 Å². The van der Waals surface area contributed by atoms with Gasteiger partial charge in [-0.25, -0.2) is 0 Å². The third kappa shape index (κ3) is 2.64. The van der Waals surface area contributed by atoms with E-state index >= 15 is 0 Å². The van der Waals surface area contributed by atoms with Gasteiger partial charge in [0.2, 0.25) is 0 Å². The van der Waals surface area contributed by atoms with Crippen molar-refractivity contribution >= 4 is 5.69 Å². The zero-order valence-electron chi connectivity index (χ0n) is 12.1. The van der Waals surface area contributed by atoms with Gasteiger partial charge in [0.05, 0.1) is 0 Å². The molecule has 0 unspecified atom stereocenters. The number of fused-ring (bicyclic) bond motifs is 1. The van der Waals surface area contributed by atoms with Crippen molar-refractivity contribution in [1.29, 1.82) is 0 Å². The van der Waals surface area contributed by atoms with E-state index in [2.05, 4.69) is 41.5 Å². The fourth-order valence-electron chi connectivity index (χ4n) is 4.04. The van der Waals surface area contributed by atoms with Crippen LogP contribution in [0.15, 0.2) is 24.3 Å². The smallest absolute Gasteiger partial charge is 0.0399 e. The van der Waals surface area contributed by atoms with Crippen molar-refractivity contribution < 1.29 is 0 Å². The van der Waals surface area contributed by atoms with E-state index in [1.54, 1.807) is 0 Å². The van der Waals surface area contributed by atoms with Crippen molar-refractivity contribution in [3.8, 4) is 0 Å². The van der Waals surface area contributed by atoms with E-state index in [9.17, 15) is 0 Å². The summed E-state index contributed by atoms with van der Waals surface area (Å²) in [4.78, 5) is 2.64. The predicted octanol–water partition coefficient (Wildman–Crippen LogP) is 3.22. The maximum Gasteiger partial charge on any atom is 0.0399 e. The second-order valence-corrected chi connectivity index (χ2v) is 6.39. The third-order valence-electron chi connectivity index (χ3n) is 4.98. The minimum absolute atomic E-state index is 0.504. The summed E-state index contributed by atoms with van der Waals surface area (Å²) in [6.07, 6.45) is 8.28. The van der Waals surface area contributed by atoms with E-state index in [1.165, 1.54) is 69.4 Å². The molecule has 1 heterocycles. The van der Waals surface area contributed by atoms with Gasteiger partial charge in [-0.3, -0.25) is 0 Å². The molecule has 2 aliphatic rings. The Hall–Kier alpha value is -1.02. The molecule has 0 atom stereocenters. The molecule has 2 heteroatoms. The third-order valence-corrected chi connectivity index (χ3v) is 4.98. The molecule has 0 saturated heterocycles. The Morgan fingerprint density at radius 2 is 1.95 bits per heavy atom. The van der Waals surface area contributed by atoms with Crippen LogP contribution in [0.25, 0.3) is 0 Å². The highest BCUT2D eigenvalue weighted by atomic mass is 15.2. The zero-order valence-corrected chi connectivity index (χ0v) is 12.1. The van der Waals surface area contributed by atoms with Gasteiger partial charge in [0.15, 0.2) is 0 Å². The fourth-order valence-corrected chi connectivity index (χ4v) is 4.04. The molecule has 1 fully saturated rings. The van der Waals surface area contributed by atoms with E-state index in [0.717, 1.165) is 0 Å². The van der Waals surface area contributed by atoms with Crippen molar-refractivity contribution in [2.45, 2.75) is 38.5 Å². The van der Waals surface area contributed by atoms with Gasteiger partial charge in [-0.1, -0.05) is 37.5 Å². The minimum atomic E-state index is 0.504. The predicted molar refractivity (Wildman–Crippen MR) is 81.8 cm³/mol. The van der Waals surface area contributed by atoms with Crippen LogP contribution in [0, 0.1) is 5.41 Å². The molecule has 3 rings (SSSR count). The van der Waals surface area contributed by atoms with Gasteiger partial charge in [0, 0.05) is 30.7 Å². The van der Waals surface area contributed by atoms with Crippen LogP contribution in [0.1, 0.15) is 37.7 Å². The van der Waals surface area contributed by atoms with Crippen molar-refractivity contribution in [2.24, 2.45) is 5.41 Å². The van der Waals surface area contributed by atoms with Gasteiger partial charge in [-0.15, -0.1) is 0 Å². The highest BCUT2D eigenvalue weighted by Crippen LogP contribution is 2.39. The van der Waals surface area contributed by atoms with E-state index in [4.69, 9.17) is 0 Å². The molecule has 19 heavy (non-hydrogen) atoms. The summed E-state index contributed by atoms with van der Waals surface area (Å²) < 4.78 is 0. The molecule has 104 valence electrons. The summed E-state index contributed by atoms with van der Waals surface area (Å²) >= 11 is 0. The molecule has 0 aromatic heterocycles. The quantitative estimate of drug-likeness (QED) is 0.892. The standard InChI is InChI=1S/C17H26N2/c1-18-13-17(10-5-2-6-11-17)14-19-12-9-15-7-3-4-8-16(15)19/h3-4,7-8,18H,2,5-6,9-14H2,1H3. The summed E-state index contributed by atoms with van der Waals surface area (Å²) in [6, 6.07) is 8.95. The molecule has 0 radical (unpaired) electrons. The van der Waals surface area contributed by atoms with E-state index < -0.39 is 0 Å². The molecule has 0 spiro atoms. The Labute approximate surface area is 117 Å². The number of rotatable bonds is 4. The first-order valence-electron chi connectivity index (χ1n) is 7.80. The Morgan fingerprint density at radius 3 is 2.74 bits per heavy atom. The summed E-state index contributed by atoms with van der Waals surface area (Å²) in [7, 11) is 2.11. The Balaban J connectivity index is 1.76. The van der Waals surface area contributed by atoms with Crippen LogP contribution < -0.4 is 10.2 Å². The van der Waals surface area contributed by atoms with Crippen LogP contribution in [-0.2, 0) is 6.42 Å². The van der Waals surface area contributed by atoms with Crippen LogP contribution in [0.5, 0.6) is 0 Å². The molecule has 2 nitrogen and oxygen atoms in total. The first-order chi connectivity index (χ1) is 9.33. The topological polar surface area (TPSA) is 15.3 Å². The number of hydrogen-bond acceptors (Lipinski definition) is 2. The van der Waals surface area contributed by atoms with Crippen LogP contribution in [0.2, 0.25) is 0 Å². The highest BCUT2D eigenvalue weighted by Gasteiger charge is 2.34. The lowest BCUT2D eigenvalue weighted by Crippen LogP contribution is -2.44. The van der Waals surface area contributed by atoms with E-state index in [1.807, 2.05) is 0 Å². The molecule has 1 aromatic rings. The molecule has 1 aliphatic carbocycles. The first kappa shape index (κ1) is 13.0. The SMILES string of the molecule is CNCC1(CN2CCc3ccccc32)CCCCC1. The van der Waals surface area contributed by atoms with Gasteiger partial charge >= 0.3 is 0 Å². The maximum atomic E-state index is 3.45. The number of nitrogens with zero attached hydrogens (tertiary/aromatic N) is 1. The second kappa shape index (κ2) is 5.54. The largest absolute Gasteiger partial charge is 0.370 e. The Kier molecular flexibility index (Phi) is 3.79. The zero-order chi connectivity index (χ0) is 13.1. The van der Waals surface area contributed by atoms with Gasteiger partial charge in [0.1, 0.15) is 0 Å². The lowest BCUT2D eigenvalue weighted by Gasteiger charge is -2.41. The second-order valence-electron chi connectivity index (χ2n) is 6.39. The monoisotopic (exact) mass is 258 g/mol. The summed E-state index contributed by atoms with van der Waals surface area (Å²) in [6.45, 7) is 3.63. The van der Waals surface area contributed by atoms with Crippen LogP contribution >= 0.6 is 0 Å². The molecule has 1 aliphatic heterocycles. The number of hydrogen-bond donors (Lipinski definition) is 1. The molecule has 0 amide bonds.